The quantitative estimate of drug-likeness (QED) is 0.471. The molecule has 6 heteroatoms. The van der Waals surface area contributed by atoms with E-state index >= 15 is 0 Å². The van der Waals surface area contributed by atoms with E-state index in [4.69, 9.17) is 4.74 Å². The molecule has 0 saturated carbocycles. The molecule has 142 valence electrons. The average Bonchev–Trinajstić information content (AvgIpc) is 2.73. The molecular formula is C22H20N2O4. The van der Waals surface area contributed by atoms with Gasteiger partial charge in [0.1, 0.15) is 0 Å². The Labute approximate surface area is 162 Å². The van der Waals surface area contributed by atoms with E-state index in [1.807, 2.05) is 54.6 Å². The van der Waals surface area contributed by atoms with Gasteiger partial charge in [0, 0.05) is 24.2 Å². The topological polar surface area (TPSA) is 81.5 Å². The third-order valence-electron chi connectivity index (χ3n) is 4.17. The van der Waals surface area contributed by atoms with Gasteiger partial charge in [0.2, 0.25) is 0 Å². The van der Waals surface area contributed by atoms with Gasteiger partial charge in [-0.25, -0.2) is 0 Å². The van der Waals surface area contributed by atoms with Crippen molar-refractivity contribution in [2.45, 2.75) is 19.8 Å². The largest absolute Gasteiger partial charge is 0.372 e. The molecule has 0 saturated heterocycles. The summed E-state index contributed by atoms with van der Waals surface area (Å²) in [6.45, 7) is 1.39. The van der Waals surface area contributed by atoms with Crippen molar-refractivity contribution in [3.05, 3.63) is 111 Å². The van der Waals surface area contributed by atoms with Crippen LogP contribution in [-0.2, 0) is 24.5 Å². The Kier molecular flexibility index (Phi) is 6.49. The molecule has 28 heavy (non-hydrogen) atoms. The minimum absolute atomic E-state index is 0.0419. The van der Waals surface area contributed by atoms with Crippen LogP contribution in [0, 0.1) is 10.1 Å². The van der Waals surface area contributed by atoms with E-state index in [9.17, 15) is 14.9 Å². The van der Waals surface area contributed by atoms with Gasteiger partial charge in [0.15, 0.2) is 0 Å². The van der Waals surface area contributed by atoms with Gasteiger partial charge < -0.3 is 10.1 Å². The molecule has 1 amide bonds. The summed E-state index contributed by atoms with van der Waals surface area (Å²) in [5.74, 6) is -0.277. The first-order chi connectivity index (χ1) is 13.6. The molecule has 0 aliphatic rings. The fourth-order valence-electron chi connectivity index (χ4n) is 2.71. The van der Waals surface area contributed by atoms with E-state index in [0.717, 1.165) is 16.7 Å². The van der Waals surface area contributed by atoms with E-state index in [1.54, 1.807) is 0 Å². The number of non-ortho nitro benzene ring substituents is 1. The van der Waals surface area contributed by atoms with Crippen molar-refractivity contribution in [3.8, 4) is 0 Å². The molecule has 0 spiro atoms. The summed E-state index contributed by atoms with van der Waals surface area (Å²) in [5.41, 5.74) is 3.44. The Balaban J connectivity index is 1.51. The normalized spacial score (nSPS) is 10.4. The first-order valence-electron chi connectivity index (χ1n) is 8.84. The molecule has 0 radical (unpaired) electrons. The third-order valence-corrected chi connectivity index (χ3v) is 4.17. The fourth-order valence-corrected chi connectivity index (χ4v) is 2.71. The molecule has 0 bridgehead atoms. The van der Waals surface area contributed by atoms with Gasteiger partial charge in [-0.15, -0.1) is 0 Å². The van der Waals surface area contributed by atoms with Crippen LogP contribution in [0.5, 0.6) is 0 Å². The number of carbonyl (C=O) groups excluding carboxylic acids is 1. The Morgan fingerprint density at radius 3 is 2.21 bits per heavy atom. The zero-order valence-corrected chi connectivity index (χ0v) is 15.2. The summed E-state index contributed by atoms with van der Waals surface area (Å²) in [4.78, 5) is 22.4. The van der Waals surface area contributed by atoms with Gasteiger partial charge in [-0.05, 0) is 28.8 Å². The lowest BCUT2D eigenvalue weighted by molar-refractivity contribution is -0.384. The third kappa shape index (κ3) is 5.49. The lowest BCUT2D eigenvalue weighted by Crippen LogP contribution is -2.22. The van der Waals surface area contributed by atoms with Crippen LogP contribution < -0.4 is 5.32 Å². The van der Waals surface area contributed by atoms with Crippen molar-refractivity contribution in [2.75, 3.05) is 0 Å². The molecular weight excluding hydrogens is 356 g/mol. The predicted molar refractivity (Wildman–Crippen MR) is 106 cm³/mol. The number of hydrogen-bond donors (Lipinski definition) is 1. The first kappa shape index (κ1) is 19.3. The molecule has 6 nitrogen and oxygen atoms in total. The number of amides is 1. The SMILES string of the molecule is O=C(NCc1cccc(COCc2ccccc2)c1)c1ccc([N+](=O)[O-])cc1. The molecule has 0 aromatic heterocycles. The predicted octanol–water partition coefficient (Wildman–Crippen LogP) is 4.24. The van der Waals surface area contributed by atoms with E-state index in [0.29, 0.717) is 25.3 Å². The second kappa shape index (κ2) is 9.43. The monoisotopic (exact) mass is 376 g/mol. The van der Waals surface area contributed by atoms with Crippen LogP contribution in [0.1, 0.15) is 27.0 Å². The standard InChI is InChI=1S/C22H20N2O4/c25-22(20-9-11-21(12-10-20)24(26)27)23-14-18-7-4-8-19(13-18)16-28-15-17-5-2-1-3-6-17/h1-13H,14-16H2,(H,23,25). The van der Waals surface area contributed by atoms with Crippen LogP contribution in [-0.4, -0.2) is 10.8 Å². The fraction of sp³-hybridized carbons (Fsp3) is 0.136. The molecule has 0 aliphatic carbocycles. The van der Waals surface area contributed by atoms with Crippen molar-refractivity contribution in [3.63, 3.8) is 0 Å². The number of hydrogen-bond acceptors (Lipinski definition) is 4. The number of nitro groups is 1. The second-order valence-corrected chi connectivity index (χ2v) is 6.29. The van der Waals surface area contributed by atoms with Crippen molar-refractivity contribution < 1.29 is 14.5 Å². The van der Waals surface area contributed by atoms with E-state index in [2.05, 4.69) is 5.32 Å². The molecule has 0 aliphatic heterocycles. The Morgan fingerprint density at radius 1 is 0.857 bits per heavy atom. The maximum absolute atomic E-state index is 12.2. The summed E-state index contributed by atoms with van der Waals surface area (Å²) in [6, 6.07) is 23.3. The molecule has 3 aromatic carbocycles. The van der Waals surface area contributed by atoms with Crippen molar-refractivity contribution in [1.82, 2.24) is 5.32 Å². The zero-order valence-electron chi connectivity index (χ0n) is 15.2. The van der Waals surface area contributed by atoms with Crippen molar-refractivity contribution >= 4 is 11.6 Å². The van der Waals surface area contributed by atoms with Gasteiger partial charge in [-0.1, -0.05) is 54.6 Å². The molecule has 3 rings (SSSR count). The van der Waals surface area contributed by atoms with Crippen LogP contribution in [0.3, 0.4) is 0 Å². The van der Waals surface area contributed by atoms with Gasteiger partial charge >= 0.3 is 0 Å². The van der Waals surface area contributed by atoms with Crippen molar-refractivity contribution in [1.29, 1.82) is 0 Å². The van der Waals surface area contributed by atoms with Crippen LogP contribution >= 0.6 is 0 Å². The molecule has 1 N–H and O–H groups in total. The van der Waals surface area contributed by atoms with E-state index < -0.39 is 4.92 Å². The highest BCUT2D eigenvalue weighted by Crippen LogP contribution is 2.13. The van der Waals surface area contributed by atoms with Crippen molar-refractivity contribution in [2.24, 2.45) is 0 Å². The van der Waals surface area contributed by atoms with Crippen LogP contribution in [0.15, 0.2) is 78.9 Å². The molecule has 0 unspecified atom stereocenters. The molecule has 3 aromatic rings. The number of nitro benzene ring substituents is 1. The van der Waals surface area contributed by atoms with Crippen LogP contribution in [0.25, 0.3) is 0 Å². The number of nitrogens with zero attached hydrogens (tertiary/aromatic N) is 1. The van der Waals surface area contributed by atoms with Gasteiger partial charge in [-0.2, -0.15) is 0 Å². The Hall–Kier alpha value is -3.51. The smallest absolute Gasteiger partial charge is 0.269 e. The summed E-state index contributed by atoms with van der Waals surface area (Å²) in [7, 11) is 0. The van der Waals surface area contributed by atoms with E-state index in [1.165, 1.54) is 24.3 Å². The number of rotatable bonds is 8. The van der Waals surface area contributed by atoms with E-state index in [-0.39, 0.29) is 11.6 Å². The summed E-state index contributed by atoms with van der Waals surface area (Å²) in [5, 5.41) is 13.5. The molecule has 0 heterocycles. The highest BCUT2D eigenvalue weighted by Gasteiger charge is 2.09. The Morgan fingerprint density at radius 2 is 1.50 bits per heavy atom. The number of ether oxygens (including phenoxy) is 1. The molecule has 0 atom stereocenters. The summed E-state index contributed by atoms with van der Waals surface area (Å²) < 4.78 is 5.74. The van der Waals surface area contributed by atoms with Crippen LogP contribution in [0.2, 0.25) is 0 Å². The summed E-state index contributed by atoms with van der Waals surface area (Å²) in [6.07, 6.45) is 0. The average molecular weight is 376 g/mol. The summed E-state index contributed by atoms with van der Waals surface area (Å²) >= 11 is 0. The van der Waals surface area contributed by atoms with Gasteiger partial charge in [0.05, 0.1) is 18.1 Å². The van der Waals surface area contributed by atoms with Gasteiger partial charge in [0.25, 0.3) is 11.6 Å². The lowest BCUT2D eigenvalue weighted by atomic mass is 10.1. The number of nitrogens with one attached hydrogen (secondary N) is 1. The molecule has 0 fully saturated rings. The number of benzene rings is 3. The highest BCUT2D eigenvalue weighted by molar-refractivity contribution is 5.94. The lowest BCUT2D eigenvalue weighted by Gasteiger charge is -2.08. The first-order valence-corrected chi connectivity index (χ1v) is 8.84. The maximum atomic E-state index is 12.2. The highest BCUT2D eigenvalue weighted by atomic mass is 16.6. The second-order valence-electron chi connectivity index (χ2n) is 6.29. The van der Waals surface area contributed by atoms with Gasteiger partial charge in [-0.3, -0.25) is 14.9 Å². The zero-order chi connectivity index (χ0) is 19.8. The van der Waals surface area contributed by atoms with Crippen LogP contribution in [0.4, 0.5) is 5.69 Å². The minimum atomic E-state index is -0.493. The minimum Gasteiger partial charge on any atom is -0.372 e. The Bertz CT molecular complexity index is 940. The number of carbonyl (C=O) groups is 1. The maximum Gasteiger partial charge on any atom is 0.269 e.